The van der Waals surface area contributed by atoms with E-state index in [1.165, 1.54) is 6.07 Å². The fourth-order valence-electron chi connectivity index (χ4n) is 3.29. The number of benzene rings is 1. The molecular formula is C22H26ClF3N2O4. The van der Waals surface area contributed by atoms with Crippen LogP contribution in [0.4, 0.5) is 13.2 Å². The number of ketones is 1. The maximum Gasteiger partial charge on any atom is 0.389 e. The Kier molecular flexibility index (Phi) is 9.00. The van der Waals surface area contributed by atoms with Gasteiger partial charge in [0, 0.05) is 41.3 Å². The molecule has 0 fully saturated rings. The van der Waals surface area contributed by atoms with Crippen LogP contribution in [0.25, 0.3) is 11.3 Å². The first-order chi connectivity index (χ1) is 15.0. The molecule has 0 bridgehead atoms. The predicted molar refractivity (Wildman–Crippen MR) is 114 cm³/mol. The summed E-state index contributed by atoms with van der Waals surface area (Å²) in [5, 5.41) is 19.6. The van der Waals surface area contributed by atoms with Crippen LogP contribution in [0, 0.1) is 5.41 Å². The number of aliphatic hydroxyl groups excluding tert-OH is 2. The number of Topliss-reactive ketones (excluding diaryl/α,β-unsaturated/α-hetero) is 1. The molecule has 6 nitrogen and oxygen atoms in total. The molecule has 0 aliphatic heterocycles. The summed E-state index contributed by atoms with van der Waals surface area (Å²) in [5.41, 5.74) is -0.762. The van der Waals surface area contributed by atoms with Crippen molar-refractivity contribution in [1.29, 1.82) is 0 Å². The highest BCUT2D eigenvalue weighted by Gasteiger charge is 2.30. The van der Waals surface area contributed by atoms with Crippen molar-refractivity contribution in [3.8, 4) is 11.3 Å². The van der Waals surface area contributed by atoms with E-state index in [0.29, 0.717) is 17.0 Å². The molecule has 0 spiro atoms. The molecule has 0 aliphatic carbocycles. The summed E-state index contributed by atoms with van der Waals surface area (Å²) in [4.78, 5) is 29.8. The minimum Gasteiger partial charge on any atom is -0.396 e. The molecule has 1 aromatic carbocycles. The molecule has 0 saturated heterocycles. The van der Waals surface area contributed by atoms with Gasteiger partial charge in [0.05, 0.1) is 25.5 Å². The van der Waals surface area contributed by atoms with Crippen LogP contribution in [0.2, 0.25) is 5.02 Å². The average molecular weight is 475 g/mol. The second-order valence-corrected chi connectivity index (χ2v) is 8.28. The molecule has 1 heterocycles. The van der Waals surface area contributed by atoms with Gasteiger partial charge in [-0.25, -0.2) is 4.98 Å². The first kappa shape index (κ1) is 26.0. The average Bonchev–Trinajstić information content (AvgIpc) is 2.74. The molecule has 0 radical (unpaired) electrons. The van der Waals surface area contributed by atoms with E-state index in [2.05, 4.69) is 4.98 Å². The Bertz CT molecular complexity index is 962. The van der Waals surface area contributed by atoms with E-state index in [9.17, 15) is 33.0 Å². The van der Waals surface area contributed by atoms with Crippen LogP contribution in [0.5, 0.6) is 0 Å². The highest BCUT2D eigenvalue weighted by Crippen LogP contribution is 2.26. The van der Waals surface area contributed by atoms with Gasteiger partial charge in [-0.3, -0.25) is 14.2 Å². The van der Waals surface area contributed by atoms with Crippen molar-refractivity contribution in [2.24, 2.45) is 5.41 Å². The third-order valence-electron chi connectivity index (χ3n) is 5.42. The van der Waals surface area contributed by atoms with Crippen LogP contribution >= 0.6 is 11.6 Å². The van der Waals surface area contributed by atoms with Crippen molar-refractivity contribution in [1.82, 2.24) is 9.55 Å². The SMILES string of the molecule is CCC(CO)(CO)CC(=O)Cn1c(CCCC(F)(F)F)nc(-c2ccc(Cl)cc2)cc1=O. The second-order valence-electron chi connectivity index (χ2n) is 7.84. The fourth-order valence-corrected chi connectivity index (χ4v) is 3.42. The van der Waals surface area contributed by atoms with Crippen LogP contribution in [0.1, 0.15) is 38.4 Å². The number of carbonyl (C=O) groups is 1. The predicted octanol–water partition coefficient (Wildman–Crippen LogP) is 3.79. The van der Waals surface area contributed by atoms with Crippen molar-refractivity contribution in [2.45, 2.75) is 51.7 Å². The molecule has 1 aromatic heterocycles. The maximum absolute atomic E-state index is 12.8. The molecule has 0 aliphatic rings. The summed E-state index contributed by atoms with van der Waals surface area (Å²) < 4.78 is 39.0. The number of alkyl halides is 3. The lowest BCUT2D eigenvalue weighted by atomic mass is 9.82. The minimum absolute atomic E-state index is 0.0649. The van der Waals surface area contributed by atoms with Crippen molar-refractivity contribution in [2.75, 3.05) is 13.2 Å². The molecule has 0 atom stereocenters. The van der Waals surface area contributed by atoms with Gasteiger partial charge in [0.1, 0.15) is 5.82 Å². The Morgan fingerprint density at radius 1 is 1.16 bits per heavy atom. The van der Waals surface area contributed by atoms with Gasteiger partial charge < -0.3 is 10.2 Å². The van der Waals surface area contributed by atoms with Crippen molar-refractivity contribution in [3.05, 3.63) is 51.5 Å². The summed E-state index contributed by atoms with van der Waals surface area (Å²) in [6.07, 6.45) is -5.67. The lowest BCUT2D eigenvalue weighted by molar-refractivity contribution is -0.135. The van der Waals surface area contributed by atoms with Gasteiger partial charge in [-0.05, 0) is 25.0 Å². The van der Waals surface area contributed by atoms with Crippen LogP contribution < -0.4 is 5.56 Å². The summed E-state index contributed by atoms with van der Waals surface area (Å²) in [7, 11) is 0. The van der Waals surface area contributed by atoms with Crippen LogP contribution in [0.15, 0.2) is 35.1 Å². The lowest BCUT2D eigenvalue weighted by Gasteiger charge is -2.27. The fraction of sp³-hybridized carbons (Fsp3) is 0.500. The third kappa shape index (κ3) is 7.15. The number of aliphatic hydroxyl groups is 2. The number of rotatable bonds is 11. The molecule has 32 heavy (non-hydrogen) atoms. The van der Waals surface area contributed by atoms with Crippen molar-refractivity contribution in [3.63, 3.8) is 0 Å². The van der Waals surface area contributed by atoms with E-state index in [-0.39, 0.29) is 30.8 Å². The number of aryl methyl sites for hydroxylation is 1. The minimum atomic E-state index is -4.35. The van der Waals surface area contributed by atoms with E-state index in [0.717, 1.165) is 4.57 Å². The molecular weight excluding hydrogens is 449 g/mol. The van der Waals surface area contributed by atoms with Gasteiger partial charge in [0.15, 0.2) is 5.78 Å². The summed E-state index contributed by atoms with van der Waals surface area (Å²) in [6.45, 7) is 0.492. The second kappa shape index (κ2) is 11.1. The van der Waals surface area contributed by atoms with Gasteiger partial charge in [0.2, 0.25) is 0 Å². The van der Waals surface area contributed by atoms with Gasteiger partial charge >= 0.3 is 6.18 Å². The monoisotopic (exact) mass is 474 g/mol. The van der Waals surface area contributed by atoms with E-state index in [4.69, 9.17) is 11.6 Å². The summed E-state index contributed by atoms with van der Waals surface area (Å²) >= 11 is 5.88. The van der Waals surface area contributed by atoms with E-state index in [1.807, 2.05) is 0 Å². The number of halogens is 4. The molecule has 2 aromatic rings. The quantitative estimate of drug-likeness (QED) is 0.517. The molecule has 0 saturated carbocycles. The molecule has 0 unspecified atom stereocenters. The van der Waals surface area contributed by atoms with Gasteiger partial charge in [-0.1, -0.05) is 30.7 Å². The van der Waals surface area contributed by atoms with E-state index in [1.54, 1.807) is 31.2 Å². The highest BCUT2D eigenvalue weighted by molar-refractivity contribution is 6.30. The first-order valence-corrected chi connectivity index (χ1v) is 10.6. The molecule has 0 amide bonds. The van der Waals surface area contributed by atoms with Gasteiger partial charge in [-0.15, -0.1) is 0 Å². The Morgan fingerprint density at radius 3 is 2.31 bits per heavy atom. The molecule has 176 valence electrons. The summed E-state index contributed by atoms with van der Waals surface area (Å²) in [5.74, 6) is -0.370. The van der Waals surface area contributed by atoms with E-state index >= 15 is 0 Å². The smallest absolute Gasteiger partial charge is 0.389 e. The Labute approximate surface area is 188 Å². The number of hydrogen-bond acceptors (Lipinski definition) is 5. The highest BCUT2D eigenvalue weighted by atomic mass is 35.5. The van der Waals surface area contributed by atoms with Crippen LogP contribution in [-0.2, 0) is 17.8 Å². The molecule has 2 N–H and O–H groups in total. The number of carbonyl (C=O) groups excluding carboxylic acids is 1. The van der Waals surface area contributed by atoms with Crippen LogP contribution in [-0.4, -0.2) is 44.9 Å². The first-order valence-electron chi connectivity index (χ1n) is 10.2. The van der Waals surface area contributed by atoms with Crippen molar-refractivity contribution >= 4 is 17.4 Å². The Balaban J connectivity index is 2.37. The maximum atomic E-state index is 12.8. The Morgan fingerprint density at radius 2 is 1.78 bits per heavy atom. The number of aromatic nitrogens is 2. The largest absolute Gasteiger partial charge is 0.396 e. The van der Waals surface area contributed by atoms with E-state index < -0.39 is 49.1 Å². The third-order valence-corrected chi connectivity index (χ3v) is 5.67. The Hall–Kier alpha value is -2.23. The van der Waals surface area contributed by atoms with Gasteiger partial charge in [-0.2, -0.15) is 13.2 Å². The van der Waals surface area contributed by atoms with Gasteiger partial charge in [0.25, 0.3) is 5.56 Å². The zero-order valence-corrected chi connectivity index (χ0v) is 18.4. The lowest BCUT2D eigenvalue weighted by Crippen LogP contribution is -2.35. The number of nitrogens with zero attached hydrogens (tertiary/aromatic N) is 2. The summed E-state index contributed by atoms with van der Waals surface area (Å²) in [6, 6.07) is 7.69. The zero-order chi connectivity index (χ0) is 23.9. The molecule has 10 heteroatoms. The number of hydrogen-bond donors (Lipinski definition) is 2. The standard InChI is InChI=1S/C22H26ClF3N2O4/c1-2-21(13-29,14-30)11-17(31)12-28-19(4-3-9-22(24,25)26)27-18(10-20(28)32)15-5-7-16(23)8-6-15/h5-8,10,29-30H,2-4,9,11-14H2,1H3. The van der Waals surface area contributed by atoms with Crippen LogP contribution in [0.3, 0.4) is 0 Å². The molecule has 2 rings (SSSR count). The zero-order valence-electron chi connectivity index (χ0n) is 17.7. The normalized spacial score (nSPS) is 12.2. The topological polar surface area (TPSA) is 92.4 Å². The van der Waals surface area contributed by atoms with Crippen molar-refractivity contribution < 1.29 is 28.2 Å².